The van der Waals surface area contributed by atoms with Crippen molar-refractivity contribution in [3.05, 3.63) is 56.7 Å². The minimum atomic E-state index is -0.226. The lowest BCUT2D eigenvalue weighted by Crippen LogP contribution is -1.94. The van der Waals surface area contributed by atoms with Gasteiger partial charge in [0.15, 0.2) is 0 Å². The third kappa shape index (κ3) is 2.67. The molecule has 18 heavy (non-hydrogen) atoms. The Hall–Kier alpha value is -0.670. The summed E-state index contributed by atoms with van der Waals surface area (Å²) in [6, 6.07) is 11.6. The summed E-state index contributed by atoms with van der Waals surface area (Å²) >= 11 is 7.18. The maximum Gasteiger partial charge on any atom is 0.123 e. The minimum absolute atomic E-state index is 0.226. The molecule has 2 aromatic rings. The monoisotopic (exact) mass is 369 g/mol. The molecule has 0 unspecified atom stereocenters. The zero-order valence-corrected chi connectivity index (χ0v) is 13.3. The van der Waals surface area contributed by atoms with Gasteiger partial charge in [-0.25, -0.2) is 4.39 Å². The smallest absolute Gasteiger partial charge is 0.123 e. The normalized spacial score (nSPS) is 11.0. The number of hydrogen-bond acceptors (Lipinski definition) is 0. The first-order valence-electron chi connectivity index (χ1n) is 5.66. The Balaban J connectivity index is 2.59. The van der Waals surface area contributed by atoms with Gasteiger partial charge in [-0.15, -0.1) is 0 Å². The molecule has 3 heteroatoms. The third-order valence-corrected chi connectivity index (χ3v) is 4.25. The van der Waals surface area contributed by atoms with E-state index in [1.165, 1.54) is 17.7 Å². The molecule has 0 heterocycles. The second kappa shape index (κ2) is 5.54. The van der Waals surface area contributed by atoms with E-state index in [0.29, 0.717) is 5.92 Å². The Kier molecular flexibility index (Phi) is 4.23. The lowest BCUT2D eigenvalue weighted by molar-refractivity contribution is 0.628. The van der Waals surface area contributed by atoms with Gasteiger partial charge >= 0.3 is 0 Å². The third-order valence-electron chi connectivity index (χ3n) is 2.77. The number of rotatable bonds is 2. The largest absolute Gasteiger partial charge is 0.207 e. The molecule has 0 aliphatic carbocycles. The summed E-state index contributed by atoms with van der Waals surface area (Å²) in [6.45, 7) is 4.28. The summed E-state index contributed by atoms with van der Waals surface area (Å²) < 4.78 is 15.0. The first-order valence-corrected chi connectivity index (χ1v) is 7.25. The Morgan fingerprint density at radius 3 is 2.28 bits per heavy atom. The van der Waals surface area contributed by atoms with Gasteiger partial charge in [0.05, 0.1) is 0 Å². The van der Waals surface area contributed by atoms with E-state index in [1.54, 1.807) is 12.1 Å². The predicted molar refractivity (Wildman–Crippen MR) is 80.2 cm³/mol. The van der Waals surface area contributed by atoms with Crippen LogP contribution in [0, 0.1) is 11.9 Å². The van der Waals surface area contributed by atoms with Crippen LogP contribution >= 0.6 is 31.9 Å². The lowest BCUT2D eigenvalue weighted by atomic mass is 9.97. The molecule has 0 spiro atoms. The molecule has 0 N–H and O–H groups in total. The Morgan fingerprint density at radius 2 is 1.72 bits per heavy atom. The van der Waals surface area contributed by atoms with Gasteiger partial charge in [-0.1, -0.05) is 41.9 Å². The van der Waals surface area contributed by atoms with Gasteiger partial charge in [0, 0.05) is 14.5 Å². The van der Waals surface area contributed by atoms with Crippen molar-refractivity contribution >= 4 is 31.9 Å². The molecule has 0 saturated carbocycles. The second-order valence-corrected chi connectivity index (χ2v) is 6.05. The quantitative estimate of drug-likeness (QED) is 0.613. The van der Waals surface area contributed by atoms with Gasteiger partial charge in [-0.05, 0) is 57.2 Å². The van der Waals surface area contributed by atoms with Crippen molar-refractivity contribution < 1.29 is 4.39 Å². The van der Waals surface area contributed by atoms with Crippen LogP contribution in [0.2, 0.25) is 0 Å². The number of benzene rings is 2. The topological polar surface area (TPSA) is 0 Å². The highest BCUT2D eigenvalue weighted by molar-refractivity contribution is 9.11. The highest BCUT2D eigenvalue weighted by atomic mass is 79.9. The lowest BCUT2D eigenvalue weighted by Gasteiger charge is -2.15. The fourth-order valence-electron chi connectivity index (χ4n) is 1.87. The van der Waals surface area contributed by atoms with Crippen LogP contribution in [0.25, 0.3) is 11.1 Å². The first-order chi connectivity index (χ1) is 8.50. The molecule has 2 rings (SSSR count). The SMILES string of the molecule is CC(C)c1c(Br)c[c]c(-c2ccc(F)cc2)c1Br. The van der Waals surface area contributed by atoms with Gasteiger partial charge in [-0.2, -0.15) is 0 Å². The molecular formula is C15H12Br2F. The summed E-state index contributed by atoms with van der Waals surface area (Å²) in [4.78, 5) is 0. The molecule has 0 bridgehead atoms. The molecule has 0 fully saturated rings. The molecule has 0 saturated heterocycles. The second-order valence-electron chi connectivity index (χ2n) is 4.40. The average Bonchev–Trinajstić information content (AvgIpc) is 2.30. The van der Waals surface area contributed by atoms with Gasteiger partial charge in [0.25, 0.3) is 0 Å². The van der Waals surface area contributed by atoms with Crippen molar-refractivity contribution in [1.29, 1.82) is 0 Å². The maximum atomic E-state index is 12.9. The summed E-state index contributed by atoms with van der Waals surface area (Å²) in [7, 11) is 0. The van der Waals surface area contributed by atoms with Crippen LogP contribution in [0.5, 0.6) is 0 Å². The summed E-state index contributed by atoms with van der Waals surface area (Å²) in [5.74, 6) is 0.165. The van der Waals surface area contributed by atoms with Crippen molar-refractivity contribution in [2.75, 3.05) is 0 Å². The molecule has 0 aromatic heterocycles. The summed E-state index contributed by atoms with van der Waals surface area (Å²) in [5.41, 5.74) is 3.12. The molecule has 0 aliphatic heterocycles. The van der Waals surface area contributed by atoms with Gasteiger partial charge in [-0.3, -0.25) is 0 Å². The minimum Gasteiger partial charge on any atom is -0.207 e. The molecule has 93 valence electrons. The Labute approximate surface area is 123 Å². The van der Waals surface area contributed by atoms with Gasteiger partial charge in [0.2, 0.25) is 0 Å². The van der Waals surface area contributed by atoms with Crippen LogP contribution in [0.15, 0.2) is 39.3 Å². The molecular weight excluding hydrogens is 359 g/mol. The van der Waals surface area contributed by atoms with Crippen LogP contribution in [0.4, 0.5) is 4.39 Å². The van der Waals surface area contributed by atoms with Crippen LogP contribution in [-0.4, -0.2) is 0 Å². The Morgan fingerprint density at radius 1 is 1.11 bits per heavy atom. The van der Waals surface area contributed by atoms with Crippen LogP contribution in [0.1, 0.15) is 25.3 Å². The molecule has 0 atom stereocenters. The molecule has 0 nitrogen and oxygen atoms in total. The molecule has 1 radical (unpaired) electrons. The van der Waals surface area contributed by atoms with Crippen LogP contribution in [0.3, 0.4) is 0 Å². The number of halogens is 3. The predicted octanol–water partition coefficient (Wildman–Crippen LogP) is 5.94. The van der Waals surface area contributed by atoms with Crippen molar-refractivity contribution in [2.45, 2.75) is 19.8 Å². The fraction of sp³-hybridized carbons (Fsp3) is 0.200. The van der Waals surface area contributed by atoms with Crippen molar-refractivity contribution in [1.82, 2.24) is 0 Å². The van der Waals surface area contributed by atoms with E-state index in [4.69, 9.17) is 0 Å². The average molecular weight is 371 g/mol. The van der Waals surface area contributed by atoms with E-state index in [1.807, 2.05) is 6.07 Å². The van der Waals surface area contributed by atoms with E-state index in [0.717, 1.165) is 20.1 Å². The van der Waals surface area contributed by atoms with Gasteiger partial charge < -0.3 is 0 Å². The van der Waals surface area contributed by atoms with E-state index in [9.17, 15) is 4.39 Å². The zero-order valence-electron chi connectivity index (χ0n) is 10.1. The summed E-state index contributed by atoms with van der Waals surface area (Å²) in [6.07, 6.45) is 0. The van der Waals surface area contributed by atoms with Crippen molar-refractivity contribution in [3.63, 3.8) is 0 Å². The van der Waals surface area contributed by atoms with Crippen LogP contribution < -0.4 is 0 Å². The van der Waals surface area contributed by atoms with Crippen molar-refractivity contribution in [2.24, 2.45) is 0 Å². The molecule has 0 aliphatic rings. The van der Waals surface area contributed by atoms with Crippen molar-refractivity contribution in [3.8, 4) is 11.1 Å². The first kappa shape index (κ1) is 13.8. The van der Waals surface area contributed by atoms with E-state index in [-0.39, 0.29) is 5.82 Å². The summed E-state index contributed by atoms with van der Waals surface area (Å²) in [5, 5.41) is 0. The zero-order chi connectivity index (χ0) is 13.3. The van der Waals surface area contributed by atoms with E-state index >= 15 is 0 Å². The van der Waals surface area contributed by atoms with Crippen LogP contribution in [-0.2, 0) is 0 Å². The highest BCUT2D eigenvalue weighted by Gasteiger charge is 2.14. The van der Waals surface area contributed by atoms with Gasteiger partial charge in [0.1, 0.15) is 5.82 Å². The fourth-order valence-corrected chi connectivity index (χ4v) is 3.92. The molecule has 0 amide bonds. The number of hydrogen-bond donors (Lipinski definition) is 0. The van der Waals surface area contributed by atoms with E-state index < -0.39 is 0 Å². The Bertz CT molecular complexity index is 559. The molecule has 2 aromatic carbocycles. The standard InChI is InChI=1S/C15H12Br2F/c1-9(2)14-13(16)8-7-12(15(14)17)10-3-5-11(18)6-4-10/h3-6,8-9H,1-2H3. The van der Waals surface area contributed by atoms with E-state index in [2.05, 4.69) is 51.8 Å². The highest BCUT2D eigenvalue weighted by Crippen LogP contribution is 2.38. The maximum absolute atomic E-state index is 12.9.